The Hall–Kier alpha value is -0.370. The van der Waals surface area contributed by atoms with Gasteiger partial charge in [0.2, 0.25) is 0 Å². The third-order valence-corrected chi connectivity index (χ3v) is 3.44. The Kier molecular flexibility index (Phi) is 7.67. The Balaban J connectivity index is 4.15. The van der Waals surface area contributed by atoms with Crippen LogP contribution in [-0.2, 0) is 4.79 Å². The molecular weight excluding hydrogens is 188 g/mol. The molecule has 0 fully saturated rings. The van der Waals surface area contributed by atoms with E-state index in [1.807, 2.05) is 13.8 Å². The predicted molar refractivity (Wildman–Crippen MR) is 63.8 cm³/mol. The average molecular weight is 214 g/mol. The van der Waals surface area contributed by atoms with Crippen molar-refractivity contribution < 1.29 is 9.90 Å². The zero-order chi connectivity index (χ0) is 11.8. The van der Waals surface area contributed by atoms with Gasteiger partial charge in [-0.25, -0.2) is 0 Å². The molecule has 0 heterocycles. The predicted octanol–water partition coefficient (Wildman–Crippen LogP) is 3.18. The van der Waals surface area contributed by atoms with Crippen molar-refractivity contribution in [2.24, 2.45) is 11.8 Å². The van der Waals surface area contributed by atoms with Gasteiger partial charge < -0.3 is 5.11 Å². The first-order chi connectivity index (χ1) is 7.10. The minimum absolute atomic E-state index is 0.147. The number of hydrogen-bond acceptors (Lipinski definition) is 2. The molecule has 0 amide bonds. The Morgan fingerprint density at radius 1 is 1.00 bits per heavy atom. The van der Waals surface area contributed by atoms with Gasteiger partial charge in [0.05, 0.1) is 6.10 Å². The van der Waals surface area contributed by atoms with Gasteiger partial charge in [-0.3, -0.25) is 4.79 Å². The van der Waals surface area contributed by atoms with Gasteiger partial charge in [-0.05, 0) is 18.8 Å². The Labute approximate surface area is 94.1 Å². The molecule has 0 aliphatic carbocycles. The van der Waals surface area contributed by atoms with Crippen LogP contribution >= 0.6 is 0 Å². The summed E-state index contributed by atoms with van der Waals surface area (Å²) in [6, 6.07) is 0. The van der Waals surface area contributed by atoms with Crippen LogP contribution in [0.1, 0.15) is 59.8 Å². The zero-order valence-corrected chi connectivity index (χ0v) is 10.6. The molecule has 0 aliphatic heterocycles. The van der Waals surface area contributed by atoms with Crippen LogP contribution in [0.25, 0.3) is 0 Å². The molecule has 0 rings (SSSR count). The summed E-state index contributed by atoms with van der Waals surface area (Å²) in [5, 5.41) is 9.90. The quantitative estimate of drug-likeness (QED) is 0.674. The fourth-order valence-corrected chi connectivity index (χ4v) is 2.12. The monoisotopic (exact) mass is 214 g/mol. The van der Waals surface area contributed by atoms with E-state index in [0.29, 0.717) is 6.42 Å². The minimum Gasteiger partial charge on any atom is -0.392 e. The van der Waals surface area contributed by atoms with E-state index in [0.717, 1.165) is 25.7 Å². The summed E-state index contributed by atoms with van der Waals surface area (Å²) in [6.45, 7) is 8.21. The van der Waals surface area contributed by atoms with E-state index in [1.54, 1.807) is 0 Å². The fourth-order valence-electron chi connectivity index (χ4n) is 2.12. The molecular formula is C13H26O2. The number of aliphatic hydroxyl groups excluding tert-OH is 1. The summed E-state index contributed by atoms with van der Waals surface area (Å²) in [7, 11) is 0. The van der Waals surface area contributed by atoms with Gasteiger partial charge in [-0.15, -0.1) is 0 Å². The summed E-state index contributed by atoms with van der Waals surface area (Å²) in [6.07, 6.45) is 3.60. The van der Waals surface area contributed by atoms with Crippen molar-refractivity contribution in [1.82, 2.24) is 0 Å². The fraction of sp³-hybridized carbons (Fsp3) is 0.923. The highest BCUT2D eigenvalue weighted by molar-refractivity contribution is 5.81. The van der Waals surface area contributed by atoms with Crippen molar-refractivity contribution in [3.63, 3.8) is 0 Å². The van der Waals surface area contributed by atoms with Gasteiger partial charge >= 0.3 is 0 Å². The van der Waals surface area contributed by atoms with Crippen LogP contribution in [0.5, 0.6) is 0 Å². The van der Waals surface area contributed by atoms with Crippen molar-refractivity contribution in [2.75, 3.05) is 0 Å². The number of ketones is 1. The molecule has 0 aromatic heterocycles. The molecule has 1 N–H and O–H groups in total. The second-order valence-corrected chi connectivity index (χ2v) is 4.33. The minimum atomic E-state index is -0.437. The molecule has 1 unspecified atom stereocenters. The smallest absolute Gasteiger partial charge is 0.138 e. The van der Waals surface area contributed by atoms with Gasteiger partial charge in [0.15, 0.2) is 0 Å². The largest absolute Gasteiger partial charge is 0.392 e. The summed E-state index contributed by atoms with van der Waals surface area (Å²) in [4.78, 5) is 11.8. The molecule has 2 heteroatoms. The maximum Gasteiger partial charge on any atom is 0.138 e. The van der Waals surface area contributed by atoms with E-state index in [-0.39, 0.29) is 17.6 Å². The van der Waals surface area contributed by atoms with Crippen molar-refractivity contribution in [3.05, 3.63) is 0 Å². The molecule has 0 radical (unpaired) electrons. The maximum atomic E-state index is 11.8. The molecule has 15 heavy (non-hydrogen) atoms. The molecule has 0 aromatic carbocycles. The second kappa shape index (κ2) is 7.86. The SMILES string of the molecule is CCC(CC)C(=O)CC(O)C(CC)CC. The number of carbonyl (C=O) groups excluding carboxylic acids is 1. The van der Waals surface area contributed by atoms with Gasteiger partial charge in [0, 0.05) is 12.3 Å². The van der Waals surface area contributed by atoms with Crippen LogP contribution in [0.4, 0.5) is 0 Å². The van der Waals surface area contributed by atoms with Crippen molar-refractivity contribution in [2.45, 2.75) is 65.9 Å². The first-order valence-electron chi connectivity index (χ1n) is 6.31. The number of carbonyl (C=O) groups is 1. The van der Waals surface area contributed by atoms with Gasteiger partial charge in [0.1, 0.15) is 5.78 Å². The van der Waals surface area contributed by atoms with Crippen LogP contribution in [0.15, 0.2) is 0 Å². The third-order valence-electron chi connectivity index (χ3n) is 3.44. The van der Waals surface area contributed by atoms with Crippen molar-refractivity contribution in [3.8, 4) is 0 Å². The van der Waals surface area contributed by atoms with E-state index < -0.39 is 6.10 Å². The lowest BCUT2D eigenvalue weighted by Gasteiger charge is -2.21. The van der Waals surface area contributed by atoms with Crippen LogP contribution in [-0.4, -0.2) is 17.0 Å². The van der Waals surface area contributed by atoms with Crippen LogP contribution < -0.4 is 0 Å². The van der Waals surface area contributed by atoms with Crippen LogP contribution in [0.3, 0.4) is 0 Å². The molecule has 0 saturated heterocycles. The van der Waals surface area contributed by atoms with Gasteiger partial charge in [-0.2, -0.15) is 0 Å². The molecule has 90 valence electrons. The maximum absolute atomic E-state index is 11.8. The summed E-state index contributed by atoms with van der Waals surface area (Å²) >= 11 is 0. The average Bonchev–Trinajstić information content (AvgIpc) is 2.21. The highest BCUT2D eigenvalue weighted by atomic mass is 16.3. The third kappa shape index (κ3) is 4.78. The van der Waals surface area contributed by atoms with E-state index >= 15 is 0 Å². The van der Waals surface area contributed by atoms with E-state index in [2.05, 4.69) is 13.8 Å². The van der Waals surface area contributed by atoms with Gasteiger partial charge in [-0.1, -0.05) is 40.5 Å². The lowest BCUT2D eigenvalue weighted by molar-refractivity contribution is -0.125. The Morgan fingerprint density at radius 2 is 1.47 bits per heavy atom. The van der Waals surface area contributed by atoms with Crippen molar-refractivity contribution in [1.29, 1.82) is 0 Å². The number of rotatable bonds is 8. The molecule has 1 atom stereocenters. The summed E-state index contributed by atoms with van der Waals surface area (Å²) in [5.41, 5.74) is 0. The molecule has 0 bridgehead atoms. The number of hydrogen-bond donors (Lipinski definition) is 1. The van der Waals surface area contributed by atoms with Gasteiger partial charge in [0.25, 0.3) is 0 Å². The summed E-state index contributed by atoms with van der Waals surface area (Å²) in [5.74, 6) is 0.664. The van der Waals surface area contributed by atoms with E-state index in [1.165, 1.54) is 0 Å². The molecule has 0 aliphatic rings. The van der Waals surface area contributed by atoms with Crippen molar-refractivity contribution >= 4 is 5.78 Å². The second-order valence-electron chi connectivity index (χ2n) is 4.33. The molecule has 0 spiro atoms. The zero-order valence-electron chi connectivity index (χ0n) is 10.6. The highest BCUT2D eigenvalue weighted by Gasteiger charge is 2.22. The normalized spacial score (nSPS) is 13.5. The summed E-state index contributed by atoms with van der Waals surface area (Å²) < 4.78 is 0. The first kappa shape index (κ1) is 14.6. The molecule has 2 nitrogen and oxygen atoms in total. The lowest BCUT2D eigenvalue weighted by atomic mass is 9.88. The Morgan fingerprint density at radius 3 is 1.80 bits per heavy atom. The number of Topliss-reactive ketones (excluding diaryl/α,β-unsaturated/α-hetero) is 1. The van der Waals surface area contributed by atoms with E-state index in [9.17, 15) is 9.90 Å². The van der Waals surface area contributed by atoms with Crippen LogP contribution in [0.2, 0.25) is 0 Å². The topological polar surface area (TPSA) is 37.3 Å². The number of aliphatic hydroxyl groups is 1. The van der Waals surface area contributed by atoms with E-state index in [4.69, 9.17) is 0 Å². The highest BCUT2D eigenvalue weighted by Crippen LogP contribution is 2.19. The molecule has 0 aromatic rings. The molecule has 0 saturated carbocycles. The lowest BCUT2D eigenvalue weighted by Crippen LogP contribution is -2.26. The standard InChI is InChI=1S/C13H26O2/c1-5-10(6-2)12(14)9-13(15)11(7-3)8-4/h10-12,14H,5-9H2,1-4H3. The first-order valence-corrected chi connectivity index (χ1v) is 6.31. The Bertz CT molecular complexity index is 169. The van der Waals surface area contributed by atoms with Crippen LogP contribution in [0, 0.1) is 11.8 Å².